The van der Waals surface area contributed by atoms with Crippen molar-refractivity contribution in [3.05, 3.63) is 89.5 Å². The largest absolute Gasteiger partial charge is 0.416 e. The smallest absolute Gasteiger partial charge is 0.337 e. The molecule has 1 aliphatic heterocycles. The first-order valence-electron chi connectivity index (χ1n) is 9.93. The van der Waals surface area contributed by atoms with Gasteiger partial charge in [-0.2, -0.15) is 13.2 Å². The van der Waals surface area contributed by atoms with Crippen LogP contribution in [0, 0.1) is 0 Å². The van der Waals surface area contributed by atoms with Crippen molar-refractivity contribution >= 4 is 5.91 Å². The zero-order chi connectivity index (χ0) is 21.1. The maximum atomic E-state index is 13.3. The number of hydrogen-bond donors (Lipinski definition) is 0. The van der Waals surface area contributed by atoms with Gasteiger partial charge in [-0.15, -0.1) is 0 Å². The lowest BCUT2D eigenvalue weighted by atomic mass is 9.86. The Morgan fingerprint density at radius 1 is 1.00 bits per heavy atom. The number of aromatic nitrogens is 2. The van der Waals surface area contributed by atoms with Crippen LogP contribution in [0.1, 0.15) is 45.9 Å². The first-order valence-corrected chi connectivity index (χ1v) is 9.93. The summed E-state index contributed by atoms with van der Waals surface area (Å²) in [5, 5.41) is 0. The molecular formula is C23H22F3N3O. The lowest BCUT2D eigenvalue weighted by Gasteiger charge is -2.32. The number of imidazole rings is 1. The maximum absolute atomic E-state index is 13.3. The Hall–Kier alpha value is -3.09. The summed E-state index contributed by atoms with van der Waals surface area (Å²) in [6, 6.07) is 15.6. The summed E-state index contributed by atoms with van der Waals surface area (Å²) in [4.78, 5) is 18.7. The molecule has 2 heterocycles. The van der Waals surface area contributed by atoms with E-state index in [4.69, 9.17) is 0 Å². The van der Waals surface area contributed by atoms with Crippen LogP contribution in [0.5, 0.6) is 0 Å². The van der Waals surface area contributed by atoms with Crippen molar-refractivity contribution in [2.24, 2.45) is 0 Å². The fourth-order valence-corrected chi connectivity index (χ4v) is 4.02. The summed E-state index contributed by atoms with van der Waals surface area (Å²) in [6.45, 7) is 1.46. The Labute approximate surface area is 173 Å². The minimum absolute atomic E-state index is 0.177. The molecule has 0 radical (unpaired) electrons. The van der Waals surface area contributed by atoms with Gasteiger partial charge in [0.05, 0.1) is 11.9 Å². The predicted octanol–water partition coefficient (Wildman–Crippen LogP) is 4.97. The molecule has 4 nitrogen and oxygen atoms in total. The lowest BCUT2D eigenvalue weighted by Crippen LogP contribution is -2.38. The second-order valence-electron chi connectivity index (χ2n) is 7.57. The van der Waals surface area contributed by atoms with E-state index in [1.165, 1.54) is 6.07 Å². The molecule has 0 saturated carbocycles. The van der Waals surface area contributed by atoms with Gasteiger partial charge in [-0.3, -0.25) is 4.79 Å². The molecule has 156 valence electrons. The molecule has 1 aliphatic rings. The Bertz CT molecular complexity index is 1010. The molecule has 0 bridgehead atoms. The molecule has 0 spiro atoms. The number of amides is 1. The average Bonchev–Trinajstić information content (AvgIpc) is 3.22. The lowest BCUT2D eigenvalue weighted by molar-refractivity contribution is -0.138. The fraction of sp³-hybridized carbons (Fsp3) is 0.304. The van der Waals surface area contributed by atoms with E-state index < -0.39 is 11.7 Å². The van der Waals surface area contributed by atoms with Crippen LogP contribution in [0.2, 0.25) is 0 Å². The highest BCUT2D eigenvalue weighted by Crippen LogP contribution is 2.38. The van der Waals surface area contributed by atoms with Gasteiger partial charge in [0, 0.05) is 25.8 Å². The van der Waals surface area contributed by atoms with Crippen molar-refractivity contribution in [3.63, 3.8) is 0 Å². The number of benzene rings is 2. The van der Waals surface area contributed by atoms with Gasteiger partial charge in [0.1, 0.15) is 5.69 Å². The minimum Gasteiger partial charge on any atom is -0.337 e. The molecule has 4 rings (SSSR count). The summed E-state index contributed by atoms with van der Waals surface area (Å²) in [5.41, 5.74) is 1.22. The number of carbonyl (C=O) groups is 1. The Balaban J connectivity index is 1.40. The number of alkyl halides is 3. The summed E-state index contributed by atoms with van der Waals surface area (Å²) < 4.78 is 41.8. The standard InChI is InChI=1S/C23H22F3N3O/c24-23(25,26)20-9-5-4-8-19(20)18-10-12-29(13-11-18)22(30)21-15-28(16-27-21)14-17-6-2-1-3-7-17/h1-9,15-16,18H,10-14H2. The summed E-state index contributed by atoms with van der Waals surface area (Å²) in [6.07, 6.45) is -0.00478. The van der Waals surface area contributed by atoms with Gasteiger partial charge in [0.25, 0.3) is 5.91 Å². The third-order valence-electron chi connectivity index (χ3n) is 5.55. The number of piperidine rings is 1. The van der Waals surface area contributed by atoms with Crippen molar-refractivity contribution in [1.29, 1.82) is 0 Å². The van der Waals surface area contributed by atoms with E-state index in [9.17, 15) is 18.0 Å². The maximum Gasteiger partial charge on any atom is 0.416 e. The summed E-state index contributed by atoms with van der Waals surface area (Å²) in [5.74, 6) is -0.383. The number of likely N-dealkylation sites (tertiary alicyclic amines) is 1. The minimum atomic E-state index is -4.37. The second kappa shape index (κ2) is 8.34. The number of carbonyl (C=O) groups excluding carboxylic acids is 1. The monoisotopic (exact) mass is 413 g/mol. The average molecular weight is 413 g/mol. The van der Waals surface area contributed by atoms with Crippen LogP contribution in [0.3, 0.4) is 0 Å². The number of halogens is 3. The third kappa shape index (κ3) is 4.40. The van der Waals surface area contributed by atoms with E-state index in [0.717, 1.165) is 11.6 Å². The van der Waals surface area contributed by atoms with E-state index in [1.807, 2.05) is 34.9 Å². The van der Waals surface area contributed by atoms with E-state index >= 15 is 0 Å². The number of nitrogens with zero attached hydrogens (tertiary/aromatic N) is 3. The molecule has 1 fully saturated rings. The van der Waals surface area contributed by atoms with Gasteiger partial charge in [-0.25, -0.2) is 4.98 Å². The van der Waals surface area contributed by atoms with Gasteiger partial charge in [-0.1, -0.05) is 48.5 Å². The molecule has 7 heteroatoms. The molecule has 3 aromatic rings. The quantitative estimate of drug-likeness (QED) is 0.606. The first kappa shape index (κ1) is 20.2. The van der Waals surface area contributed by atoms with Crippen LogP contribution < -0.4 is 0 Å². The molecule has 0 unspecified atom stereocenters. The van der Waals surface area contributed by atoms with Crippen LogP contribution in [-0.2, 0) is 12.7 Å². The number of rotatable bonds is 4. The fourth-order valence-electron chi connectivity index (χ4n) is 4.02. The molecule has 0 aliphatic carbocycles. The van der Waals surface area contributed by atoms with E-state index in [0.29, 0.717) is 43.7 Å². The van der Waals surface area contributed by atoms with Crippen LogP contribution >= 0.6 is 0 Å². The summed E-state index contributed by atoms with van der Waals surface area (Å²) >= 11 is 0. The van der Waals surface area contributed by atoms with Crippen LogP contribution in [0.4, 0.5) is 13.2 Å². The van der Waals surface area contributed by atoms with Crippen LogP contribution in [0.25, 0.3) is 0 Å². The molecule has 1 aromatic heterocycles. The highest BCUT2D eigenvalue weighted by Gasteiger charge is 2.36. The van der Waals surface area contributed by atoms with Gasteiger partial charge in [0.2, 0.25) is 0 Å². The van der Waals surface area contributed by atoms with Gasteiger partial charge in [0.15, 0.2) is 0 Å². The van der Waals surface area contributed by atoms with E-state index in [-0.39, 0.29) is 11.8 Å². The first-order chi connectivity index (χ1) is 14.4. The van der Waals surface area contributed by atoms with E-state index in [2.05, 4.69) is 4.98 Å². The molecular weight excluding hydrogens is 391 g/mol. The Morgan fingerprint density at radius 3 is 2.37 bits per heavy atom. The predicted molar refractivity (Wildman–Crippen MR) is 107 cm³/mol. The van der Waals surface area contributed by atoms with Crippen molar-refractivity contribution in [1.82, 2.24) is 14.5 Å². The highest BCUT2D eigenvalue weighted by atomic mass is 19.4. The topological polar surface area (TPSA) is 38.1 Å². The second-order valence-corrected chi connectivity index (χ2v) is 7.57. The molecule has 1 amide bonds. The van der Waals surface area contributed by atoms with Crippen LogP contribution in [-0.4, -0.2) is 33.4 Å². The van der Waals surface area contributed by atoms with Gasteiger partial charge in [-0.05, 0) is 36.0 Å². The zero-order valence-electron chi connectivity index (χ0n) is 16.3. The summed E-state index contributed by atoms with van der Waals surface area (Å²) in [7, 11) is 0. The molecule has 0 atom stereocenters. The number of hydrogen-bond acceptors (Lipinski definition) is 2. The van der Waals surface area contributed by atoms with Crippen molar-refractivity contribution < 1.29 is 18.0 Å². The van der Waals surface area contributed by atoms with Crippen molar-refractivity contribution in [2.45, 2.75) is 31.5 Å². The van der Waals surface area contributed by atoms with E-state index in [1.54, 1.807) is 29.6 Å². The molecule has 2 aromatic carbocycles. The SMILES string of the molecule is O=C(c1cn(Cc2ccccc2)cn1)N1CCC(c2ccccc2C(F)(F)F)CC1. The Kier molecular flexibility index (Phi) is 5.61. The van der Waals surface area contributed by atoms with Crippen molar-refractivity contribution in [2.75, 3.05) is 13.1 Å². The third-order valence-corrected chi connectivity index (χ3v) is 5.55. The zero-order valence-corrected chi connectivity index (χ0v) is 16.3. The van der Waals surface area contributed by atoms with Crippen LogP contribution in [0.15, 0.2) is 67.1 Å². The molecule has 1 saturated heterocycles. The van der Waals surface area contributed by atoms with Gasteiger partial charge >= 0.3 is 6.18 Å². The van der Waals surface area contributed by atoms with Gasteiger partial charge < -0.3 is 9.47 Å². The molecule has 0 N–H and O–H groups in total. The highest BCUT2D eigenvalue weighted by molar-refractivity contribution is 5.92. The normalized spacial score (nSPS) is 15.4. The molecule has 30 heavy (non-hydrogen) atoms. The van der Waals surface area contributed by atoms with Crippen molar-refractivity contribution in [3.8, 4) is 0 Å². The Morgan fingerprint density at radius 2 is 1.67 bits per heavy atom.